The number of hydrogen-bond donors (Lipinski definition) is 1. The molecule has 1 aromatic rings. The first-order valence-corrected chi connectivity index (χ1v) is 5.28. The average molecular weight is 208 g/mol. The summed E-state index contributed by atoms with van der Waals surface area (Å²) in [6, 6.07) is 3.89. The Labute approximate surface area is 89.6 Å². The van der Waals surface area contributed by atoms with Crippen LogP contribution in [0.2, 0.25) is 0 Å². The van der Waals surface area contributed by atoms with Gasteiger partial charge in [0.2, 0.25) is 0 Å². The van der Waals surface area contributed by atoms with E-state index in [1.54, 1.807) is 6.20 Å². The average Bonchev–Trinajstić information content (AvgIpc) is 2.22. The highest BCUT2D eigenvalue weighted by molar-refractivity contribution is 5.20. The third-order valence-electron chi connectivity index (χ3n) is 2.30. The highest BCUT2D eigenvalue weighted by atomic mass is 16.5. The van der Waals surface area contributed by atoms with Crippen LogP contribution in [0.15, 0.2) is 18.3 Å². The second-order valence-electron chi connectivity index (χ2n) is 3.52. The van der Waals surface area contributed by atoms with E-state index in [9.17, 15) is 0 Å². The Morgan fingerprint density at radius 3 is 2.87 bits per heavy atom. The van der Waals surface area contributed by atoms with Gasteiger partial charge in [-0.3, -0.25) is 4.98 Å². The molecule has 82 valence electrons. The lowest BCUT2D eigenvalue weighted by molar-refractivity contribution is 0.130. The van der Waals surface area contributed by atoms with Crippen molar-refractivity contribution in [2.45, 2.75) is 19.6 Å². The molecule has 0 radical (unpaired) electrons. The Morgan fingerprint density at radius 1 is 1.47 bits per heavy atom. The molecule has 2 heterocycles. The molecule has 0 saturated carbocycles. The van der Waals surface area contributed by atoms with Crippen LogP contribution in [0, 0.1) is 0 Å². The van der Waals surface area contributed by atoms with Gasteiger partial charge in [0.05, 0.1) is 18.5 Å². The van der Waals surface area contributed by atoms with Gasteiger partial charge in [0.1, 0.15) is 11.9 Å². The number of aromatic nitrogens is 1. The summed E-state index contributed by atoms with van der Waals surface area (Å²) >= 11 is 0. The van der Waals surface area contributed by atoms with Gasteiger partial charge in [0, 0.05) is 19.7 Å². The molecule has 15 heavy (non-hydrogen) atoms. The quantitative estimate of drug-likeness (QED) is 0.783. The molecule has 1 aliphatic heterocycles. The number of pyridine rings is 1. The predicted octanol–water partition coefficient (Wildman–Crippen LogP) is 0.969. The molecular formula is C11H16N2O2. The van der Waals surface area contributed by atoms with E-state index in [4.69, 9.17) is 9.47 Å². The summed E-state index contributed by atoms with van der Waals surface area (Å²) in [6.07, 6.45) is 2.07. The van der Waals surface area contributed by atoms with Gasteiger partial charge >= 0.3 is 0 Å². The molecule has 1 aromatic heterocycles. The van der Waals surface area contributed by atoms with Crippen LogP contribution in [-0.4, -0.2) is 30.8 Å². The van der Waals surface area contributed by atoms with Gasteiger partial charge in [0.25, 0.3) is 0 Å². The molecule has 0 aromatic carbocycles. The van der Waals surface area contributed by atoms with E-state index in [0.29, 0.717) is 19.3 Å². The molecule has 1 aliphatic rings. The molecule has 4 heteroatoms. The van der Waals surface area contributed by atoms with Crippen molar-refractivity contribution in [2.24, 2.45) is 0 Å². The van der Waals surface area contributed by atoms with Crippen molar-refractivity contribution in [1.29, 1.82) is 0 Å². The van der Waals surface area contributed by atoms with E-state index < -0.39 is 0 Å². The number of nitrogens with zero attached hydrogens (tertiary/aromatic N) is 1. The lowest BCUT2D eigenvalue weighted by Crippen LogP contribution is -2.50. The highest BCUT2D eigenvalue weighted by Crippen LogP contribution is 2.13. The Balaban J connectivity index is 1.85. The largest absolute Gasteiger partial charge is 0.486 e. The zero-order valence-electron chi connectivity index (χ0n) is 8.90. The summed E-state index contributed by atoms with van der Waals surface area (Å²) in [5, 5.41) is 3.16. The maximum absolute atomic E-state index is 5.64. The van der Waals surface area contributed by atoms with E-state index in [1.165, 1.54) is 0 Å². The number of ether oxygens (including phenoxy) is 2. The van der Waals surface area contributed by atoms with Crippen molar-refractivity contribution >= 4 is 0 Å². The number of nitrogens with one attached hydrogen (secondary N) is 1. The van der Waals surface area contributed by atoms with Crippen LogP contribution in [0.4, 0.5) is 0 Å². The highest BCUT2D eigenvalue weighted by Gasteiger charge is 2.18. The van der Waals surface area contributed by atoms with Crippen molar-refractivity contribution in [3.8, 4) is 5.75 Å². The van der Waals surface area contributed by atoms with E-state index in [-0.39, 0.29) is 0 Å². The molecule has 0 bridgehead atoms. The van der Waals surface area contributed by atoms with Crippen LogP contribution in [-0.2, 0) is 11.3 Å². The first-order chi connectivity index (χ1) is 7.38. The summed E-state index contributed by atoms with van der Waals surface area (Å²) < 4.78 is 10.9. The molecule has 0 unspecified atom stereocenters. The molecule has 1 saturated heterocycles. The fourth-order valence-corrected chi connectivity index (χ4v) is 1.31. The summed E-state index contributed by atoms with van der Waals surface area (Å²) in [5.74, 6) is 0.835. The van der Waals surface area contributed by atoms with Gasteiger partial charge < -0.3 is 14.8 Å². The minimum Gasteiger partial charge on any atom is -0.486 e. The summed E-state index contributed by atoms with van der Waals surface area (Å²) in [6.45, 7) is 5.12. The second kappa shape index (κ2) is 5.09. The maximum Gasteiger partial charge on any atom is 0.138 e. The topological polar surface area (TPSA) is 43.4 Å². The molecule has 1 N–H and O–H groups in total. The second-order valence-corrected chi connectivity index (χ2v) is 3.52. The Bertz CT molecular complexity index is 296. The minimum atomic E-state index is 0.310. The summed E-state index contributed by atoms with van der Waals surface area (Å²) in [4.78, 5) is 4.26. The van der Waals surface area contributed by atoms with Gasteiger partial charge in [-0.1, -0.05) is 0 Å². The standard InChI is InChI=1S/C11H16N2O2/c1-2-14-8-9-3-4-10(7-13-9)15-11-5-12-6-11/h3-4,7,11-12H,2,5-6,8H2,1H3. The SMILES string of the molecule is CCOCc1ccc(OC2CNC2)cn1. The van der Waals surface area contributed by atoms with Gasteiger partial charge in [-0.05, 0) is 19.1 Å². The van der Waals surface area contributed by atoms with Gasteiger partial charge in [-0.15, -0.1) is 0 Å². The summed E-state index contributed by atoms with van der Waals surface area (Å²) in [7, 11) is 0. The molecule has 0 atom stereocenters. The third-order valence-corrected chi connectivity index (χ3v) is 2.30. The fourth-order valence-electron chi connectivity index (χ4n) is 1.31. The molecule has 2 rings (SSSR count). The zero-order chi connectivity index (χ0) is 10.5. The summed E-state index contributed by atoms with van der Waals surface area (Å²) in [5.41, 5.74) is 0.941. The molecule has 0 spiro atoms. The molecule has 0 aliphatic carbocycles. The van der Waals surface area contributed by atoms with Crippen LogP contribution in [0.25, 0.3) is 0 Å². The van der Waals surface area contributed by atoms with Gasteiger partial charge in [-0.25, -0.2) is 0 Å². The van der Waals surface area contributed by atoms with Crippen molar-refractivity contribution < 1.29 is 9.47 Å². The number of rotatable bonds is 5. The smallest absolute Gasteiger partial charge is 0.138 e. The first-order valence-electron chi connectivity index (χ1n) is 5.28. The number of hydrogen-bond acceptors (Lipinski definition) is 4. The van der Waals surface area contributed by atoms with Crippen LogP contribution in [0.3, 0.4) is 0 Å². The van der Waals surface area contributed by atoms with E-state index in [2.05, 4.69) is 10.3 Å². The maximum atomic E-state index is 5.64. The van der Waals surface area contributed by atoms with Crippen molar-refractivity contribution in [3.05, 3.63) is 24.0 Å². The van der Waals surface area contributed by atoms with Crippen molar-refractivity contribution in [3.63, 3.8) is 0 Å². The first kappa shape index (κ1) is 10.4. The molecule has 0 amide bonds. The van der Waals surface area contributed by atoms with Crippen molar-refractivity contribution in [2.75, 3.05) is 19.7 Å². The lowest BCUT2D eigenvalue weighted by Gasteiger charge is -2.27. The normalized spacial score (nSPS) is 16.1. The Morgan fingerprint density at radius 2 is 2.33 bits per heavy atom. The van der Waals surface area contributed by atoms with Crippen molar-refractivity contribution in [1.82, 2.24) is 10.3 Å². The lowest BCUT2D eigenvalue weighted by atomic mass is 10.2. The van der Waals surface area contributed by atoms with Crippen LogP contribution in [0.1, 0.15) is 12.6 Å². The molecular weight excluding hydrogens is 192 g/mol. The predicted molar refractivity (Wildman–Crippen MR) is 56.9 cm³/mol. The van der Waals surface area contributed by atoms with Gasteiger partial charge in [-0.2, -0.15) is 0 Å². The van der Waals surface area contributed by atoms with E-state index in [0.717, 1.165) is 24.5 Å². The van der Waals surface area contributed by atoms with Crippen LogP contribution < -0.4 is 10.1 Å². The Kier molecular flexibility index (Phi) is 3.53. The van der Waals surface area contributed by atoms with Crippen LogP contribution in [0.5, 0.6) is 5.75 Å². The third kappa shape index (κ3) is 2.91. The molecule has 4 nitrogen and oxygen atoms in total. The van der Waals surface area contributed by atoms with E-state index >= 15 is 0 Å². The fraction of sp³-hybridized carbons (Fsp3) is 0.545. The monoisotopic (exact) mass is 208 g/mol. The minimum absolute atomic E-state index is 0.310. The van der Waals surface area contributed by atoms with E-state index in [1.807, 2.05) is 19.1 Å². The molecule has 1 fully saturated rings. The van der Waals surface area contributed by atoms with Gasteiger partial charge in [0.15, 0.2) is 0 Å². The zero-order valence-corrected chi connectivity index (χ0v) is 8.90. The van der Waals surface area contributed by atoms with Crippen LogP contribution >= 0.6 is 0 Å². The Hall–Kier alpha value is -1.13.